The molecule has 5 nitrogen and oxygen atoms in total. The summed E-state index contributed by atoms with van der Waals surface area (Å²) in [5.41, 5.74) is 1.52. The highest BCUT2D eigenvalue weighted by Gasteiger charge is 2.03. The second-order valence-corrected chi connectivity index (χ2v) is 5.41. The van der Waals surface area contributed by atoms with Gasteiger partial charge in [-0.3, -0.25) is 4.79 Å². The van der Waals surface area contributed by atoms with Crippen LogP contribution in [0.5, 0.6) is 5.75 Å². The van der Waals surface area contributed by atoms with Crippen molar-refractivity contribution in [1.82, 2.24) is 0 Å². The Labute approximate surface area is 139 Å². The molecule has 6 heteroatoms. The van der Waals surface area contributed by atoms with Crippen molar-refractivity contribution in [3.63, 3.8) is 0 Å². The lowest BCUT2D eigenvalue weighted by molar-refractivity contribution is -0.120. The lowest BCUT2D eigenvalue weighted by Gasteiger charge is -2.06. The Morgan fingerprint density at radius 2 is 2.09 bits per heavy atom. The number of thioether (sulfide) groups is 1. The molecule has 0 aliphatic rings. The van der Waals surface area contributed by atoms with Crippen LogP contribution in [-0.2, 0) is 9.63 Å². The van der Waals surface area contributed by atoms with Crippen LogP contribution in [-0.4, -0.2) is 32.1 Å². The van der Waals surface area contributed by atoms with Gasteiger partial charge in [0.2, 0.25) is 0 Å². The van der Waals surface area contributed by atoms with Crippen molar-refractivity contribution >= 4 is 29.6 Å². The molecule has 2 aromatic carbocycles. The number of para-hydroxylation sites is 1. The van der Waals surface area contributed by atoms with Gasteiger partial charge in [0, 0.05) is 16.1 Å². The third kappa shape index (κ3) is 5.34. The normalized spacial score (nSPS) is 10.5. The fraction of sp³-hybridized carbons (Fsp3) is 0.176. The van der Waals surface area contributed by atoms with Gasteiger partial charge >= 0.3 is 0 Å². The van der Waals surface area contributed by atoms with Gasteiger partial charge in [-0.2, -0.15) is 0 Å². The molecule has 0 atom stereocenters. The van der Waals surface area contributed by atoms with Gasteiger partial charge in [-0.25, -0.2) is 0 Å². The predicted octanol–water partition coefficient (Wildman–Crippen LogP) is 3.41. The Hall–Kier alpha value is -2.47. The first-order valence-electron chi connectivity index (χ1n) is 6.95. The molecular weight excluding hydrogens is 312 g/mol. The topological polar surface area (TPSA) is 59.9 Å². The molecular formula is C17H18N2O3S. The molecule has 0 aliphatic carbocycles. The first-order valence-corrected chi connectivity index (χ1v) is 8.17. The second kappa shape index (κ2) is 8.85. The van der Waals surface area contributed by atoms with Crippen LogP contribution < -0.4 is 10.1 Å². The first-order chi connectivity index (χ1) is 11.2. The second-order valence-electron chi connectivity index (χ2n) is 4.53. The van der Waals surface area contributed by atoms with Crippen molar-refractivity contribution < 1.29 is 14.4 Å². The lowest BCUT2D eigenvalue weighted by atomic mass is 10.2. The Balaban J connectivity index is 1.83. The minimum Gasteiger partial charge on any atom is -0.496 e. The largest absolute Gasteiger partial charge is 0.496 e. The van der Waals surface area contributed by atoms with E-state index >= 15 is 0 Å². The minimum absolute atomic E-state index is 0.158. The van der Waals surface area contributed by atoms with Crippen LogP contribution >= 0.6 is 11.8 Å². The molecule has 0 aromatic heterocycles. The van der Waals surface area contributed by atoms with E-state index in [1.54, 1.807) is 18.9 Å². The Bertz CT molecular complexity index is 689. The van der Waals surface area contributed by atoms with E-state index < -0.39 is 0 Å². The molecule has 0 unspecified atom stereocenters. The molecule has 2 rings (SSSR count). The van der Waals surface area contributed by atoms with Crippen LogP contribution in [0, 0.1) is 0 Å². The molecule has 2 aromatic rings. The quantitative estimate of drug-likeness (QED) is 0.480. The van der Waals surface area contributed by atoms with E-state index in [2.05, 4.69) is 10.5 Å². The molecule has 1 N–H and O–H groups in total. The lowest BCUT2D eigenvalue weighted by Crippen LogP contribution is -2.16. The van der Waals surface area contributed by atoms with Crippen LogP contribution in [0.3, 0.4) is 0 Å². The van der Waals surface area contributed by atoms with E-state index in [9.17, 15) is 4.79 Å². The molecule has 0 radical (unpaired) electrons. The maximum atomic E-state index is 11.8. The van der Waals surface area contributed by atoms with E-state index in [-0.39, 0.29) is 12.5 Å². The molecule has 0 aliphatic heterocycles. The highest BCUT2D eigenvalue weighted by atomic mass is 32.2. The summed E-state index contributed by atoms with van der Waals surface area (Å²) in [5.74, 6) is 0.429. The van der Waals surface area contributed by atoms with Crippen LogP contribution in [0.25, 0.3) is 0 Å². The fourth-order valence-electron chi connectivity index (χ4n) is 1.86. The number of nitrogens with one attached hydrogen (secondary N) is 1. The van der Waals surface area contributed by atoms with Crippen molar-refractivity contribution in [2.24, 2.45) is 5.16 Å². The van der Waals surface area contributed by atoms with Gasteiger partial charge in [-0.1, -0.05) is 23.4 Å². The molecule has 23 heavy (non-hydrogen) atoms. The van der Waals surface area contributed by atoms with Gasteiger partial charge in [0.15, 0.2) is 6.61 Å². The molecule has 0 fully saturated rings. The summed E-state index contributed by atoms with van der Waals surface area (Å²) in [7, 11) is 1.59. The predicted molar refractivity (Wildman–Crippen MR) is 93.4 cm³/mol. The molecule has 0 saturated carbocycles. The van der Waals surface area contributed by atoms with Crippen LogP contribution in [0.1, 0.15) is 5.56 Å². The zero-order valence-electron chi connectivity index (χ0n) is 13.0. The van der Waals surface area contributed by atoms with E-state index in [1.807, 2.05) is 54.8 Å². The Morgan fingerprint density at radius 1 is 1.26 bits per heavy atom. The van der Waals surface area contributed by atoms with Gasteiger partial charge in [0.05, 0.1) is 13.3 Å². The highest BCUT2D eigenvalue weighted by Crippen LogP contribution is 2.18. The third-order valence-electron chi connectivity index (χ3n) is 2.95. The van der Waals surface area contributed by atoms with Crippen molar-refractivity contribution in [2.75, 3.05) is 25.3 Å². The number of carbonyl (C=O) groups excluding carboxylic acids is 1. The number of nitrogens with zero attached hydrogens (tertiary/aromatic N) is 1. The van der Waals surface area contributed by atoms with E-state index in [0.717, 1.165) is 16.1 Å². The fourth-order valence-corrected chi connectivity index (χ4v) is 2.32. The summed E-state index contributed by atoms with van der Waals surface area (Å²) in [6.45, 7) is -0.158. The highest BCUT2D eigenvalue weighted by molar-refractivity contribution is 7.98. The molecule has 0 heterocycles. The molecule has 0 bridgehead atoms. The van der Waals surface area contributed by atoms with Crippen LogP contribution in [0.15, 0.2) is 58.6 Å². The summed E-state index contributed by atoms with van der Waals surface area (Å²) in [6.07, 6.45) is 3.50. The Kier molecular flexibility index (Phi) is 6.50. The van der Waals surface area contributed by atoms with Crippen molar-refractivity contribution in [2.45, 2.75) is 4.90 Å². The number of amides is 1. The molecule has 0 saturated heterocycles. The number of methoxy groups -OCH3 is 1. The molecule has 1 amide bonds. The number of oxime groups is 1. The number of ether oxygens (including phenoxy) is 1. The van der Waals surface area contributed by atoms with Gasteiger partial charge in [0.25, 0.3) is 5.91 Å². The zero-order chi connectivity index (χ0) is 16.5. The maximum absolute atomic E-state index is 11.8. The summed E-state index contributed by atoms with van der Waals surface area (Å²) >= 11 is 1.61. The van der Waals surface area contributed by atoms with Crippen molar-refractivity contribution in [3.8, 4) is 5.75 Å². The summed E-state index contributed by atoms with van der Waals surface area (Å²) in [5, 5.41) is 6.56. The van der Waals surface area contributed by atoms with Gasteiger partial charge < -0.3 is 14.9 Å². The number of rotatable bonds is 7. The summed E-state index contributed by atoms with van der Waals surface area (Å²) < 4.78 is 5.20. The Morgan fingerprint density at radius 3 is 2.87 bits per heavy atom. The number of hydrogen-bond acceptors (Lipinski definition) is 5. The summed E-state index contributed by atoms with van der Waals surface area (Å²) in [4.78, 5) is 17.9. The van der Waals surface area contributed by atoms with E-state index in [0.29, 0.717) is 5.75 Å². The average Bonchev–Trinajstić information content (AvgIpc) is 2.59. The zero-order valence-corrected chi connectivity index (χ0v) is 13.8. The first kappa shape index (κ1) is 16.9. The smallest absolute Gasteiger partial charge is 0.265 e. The minimum atomic E-state index is -0.263. The number of carbonyl (C=O) groups is 1. The van der Waals surface area contributed by atoms with E-state index in [4.69, 9.17) is 9.57 Å². The number of benzene rings is 2. The average molecular weight is 330 g/mol. The van der Waals surface area contributed by atoms with Gasteiger partial charge in [-0.05, 0) is 36.6 Å². The maximum Gasteiger partial charge on any atom is 0.265 e. The van der Waals surface area contributed by atoms with Gasteiger partial charge in [-0.15, -0.1) is 11.8 Å². The number of anilines is 1. The van der Waals surface area contributed by atoms with E-state index in [1.165, 1.54) is 6.21 Å². The molecule has 120 valence electrons. The standard InChI is InChI=1S/C17H18N2O3S/c1-21-16-9-4-3-6-13(16)11-18-22-12-17(20)19-14-7-5-8-15(10-14)23-2/h3-11H,12H2,1-2H3,(H,19,20)/b18-11-. The monoisotopic (exact) mass is 330 g/mol. The number of hydrogen-bond donors (Lipinski definition) is 1. The van der Waals surface area contributed by atoms with Crippen LogP contribution in [0.4, 0.5) is 5.69 Å². The molecule has 0 spiro atoms. The van der Waals surface area contributed by atoms with Crippen molar-refractivity contribution in [3.05, 3.63) is 54.1 Å². The van der Waals surface area contributed by atoms with Gasteiger partial charge in [0.1, 0.15) is 5.75 Å². The van der Waals surface area contributed by atoms with Crippen LogP contribution in [0.2, 0.25) is 0 Å². The van der Waals surface area contributed by atoms with Crippen molar-refractivity contribution in [1.29, 1.82) is 0 Å². The summed E-state index contributed by atoms with van der Waals surface area (Å²) in [6, 6.07) is 15.0. The third-order valence-corrected chi connectivity index (χ3v) is 3.68. The SMILES string of the molecule is COc1ccccc1/C=N\OCC(=O)Nc1cccc(SC)c1.